The van der Waals surface area contributed by atoms with Gasteiger partial charge in [-0.2, -0.15) is 0 Å². The summed E-state index contributed by atoms with van der Waals surface area (Å²) in [6.45, 7) is 3.92. The van der Waals surface area contributed by atoms with Gasteiger partial charge in [-0.25, -0.2) is 9.78 Å². The number of rotatable bonds is 5. The maximum absolute atomic E-state index is 11.3. The number of esters is 1. The zero-order valence-corrected chi connectivity index (χ0v) is 11.3. The Morgan fingerprint density at radius 3 is 2.94 bits per heavy atom. The highest BCUT2D eigenvalue weighted by molar-refractivity contribution is 8.01. The SMILES string of the molecule is CCC(=CCSc1nc(C)cs1)C(=O)OC. The fraction of sp³-hybridized carbons (Fsp3) is 0.455. The fourth-order valence-corrected chi connectivity index (χ4v) is 2.89. The molecule has 0 aromatic carbocycles. The number of aromatic nitrogens is 1. The van der Waals surface area contributed by atoms with Gasteiger partial charge in [-0.1, -0.05) is 24.8 Å². The van der Waals surface area contributed by atoms with Crippen LogP contribution in [-0.2, 0) is 9.53 Å². The predicted octanol–water partition coefficient (Wildman–Crippen LogP) is 3.05. The Balaban J connectivity index is 2.49. The number of thioether (sulfide) groups is 1. The molecular formula is C11H15NO2S2. The molecule has 0 aliphatic rings. The third-order valence-corrected chi connectivity index (χ3v) is 4.03. The quantitative estimate of drug-likeness (QED) is 0.462. The van der Waals surface area contributed by atoms with Crippen LogP contribution in [0.2, 0.25) is 0 Å². The minimum atomic E-state index is -0.238. The van der Waals surface area contributed by atoms with Crippen LogP contribution in [0.15, 0.2) is 21.4 Å². The van der Waals surface area contributed by atoms with Crippen LogP contribution in [0.25, 0.3) is 0 Å². The molecule has 0 spiro atoms. The Kier molecular flexibility index (Phi) is 5.55. The largest absolute Gasteiger partial charge is 0.466 e. The van der Waals surface area contributed by atoms with E-state index in [4.69, 9.17) is 0 Å². The Labute approximate surface area is 104 Å². The molecule has 1 rings (SSSR count). The molecular weight excluding hydrogens is 242 g/mol. The number of aryl methyl sites for hydroxylation is 1. The summed E-state index contributed by atoms with van der Waals surface area (Å²) in [4.78, 5) is 15.6. The summed E-state index contributed by atoms with van der Waals surface area (Å²) < 4.78 is 5.72. The molecule has 0 bridgehead atoms. The second kappa shape index (κ2) is 6.70. The fourth-order valence-electron chi connectivity index (χ4n) is 1.12. The molecule has 0 saturated carbocycles. The first-order valence-electron chi connectivity index (χ1n) is 4.99. The smallest absolute Gasteiger partial charge is 0.333 e. The number of hydrogen-bond acceptors (Lipinski definition) is 5. The van der Waals surface area contributed by atoms with E-state index in [9.17, 15) is 4.79 Å². The van der Waals surface area contributed by atoms with E-state index < -0.39 is 0 Å². The van der Waals surface area contributed by atoms with Gasteiger partial charge in [0.25, 0.3) is 0 Å². The maximum Gasteiger partial charge on any atom is 0.333 e. The summed E-state index contributed by atoms with van der Waals surface area (Å²) in [5, 5.41) is 2.02. The number of ether oxygens (including phenoxy) is 1. The van der Waals surface area contributed by atoms with E-state index in [1.807, 2.05) is 25.3 Å². The van der Waals surface area contributed by atoms with Crippen molar-refractivity contribution >= 4 is 29.1 Å². The number of methoxy groups -OCH3 is 1. The lowest BCUT2D eigenvalue weighted by Crippen LogP contribution is -2.04. The summed E-state index contributed by atoms with van der Waals surface area (Å²) in [5.41, 5.74) is 1.77. The van der Waals surface area contributed by atoms with Crippen molar-refractivity contribution in [2.45, 2.75) is 24.6 Å². The molecule has 16 heavy (non-hydrogen) atoms. The second-order valence-corrected chi connectivity index (χ2v) is 5.27. The van der Waals surface area contributed by atoms with E-state index in [-0.39, 0.29) is 5.97 Å². The van der Waals surface area contributed by atoms with Crippen LogP contribution in [-0.4, -0.2) is 23.8 Å². The highest BCUT2D eigenvalue weighted by atomic mass is 32.2. The molecule has 0 radical (unpaired) electrons. The summed E-state index contributed by atoms with van der Waals surface area (Å²) in [7, 11) is 1.41. The van der Waals surface area contributed by atoms with Gasteiger partial charge in [0.05, 0.1) is 7.11 Å². The number of carbonyl (C=O) groups excluding carboxylic acids is 1. The van der Waals surface area contributed by atoms with Gasteiger partial charge in [0.1, 0.15) is 4.34 Å². The molecule has 3 nitrogen and oxygen atoms in total. The highest BCUT2D eigenvalue weighted by Gasteiger charge is 2.06. The number of carbonyl (C=O) groups is 1. The van der Waals surface area contributed by atoms with Crippen molar-refractivity contribution in [1.29, 1.82) is 0 Å². The Morgan fingerprint density at radius 2 is 2.44 bits per heavy atom. The van der Waals surface area contributed by atoms with Crippen molar-refractivity contribution in [3.8, 4) is 0 Å². The Morgan fingerprint density at radius 1 is 1.69 bits per heavy atom. The van der Waals surface area contributed by atoms with Crippen LogP contribution in [0.4, 0.5) is 0 Å². The lowest BCUT2D eigenvalue weighted by Gasteiger charge is -2.01. The van der Waals surface area contributed by atoms with Gasteiger partial charge in [0, 0.05) is 22.4 Å². The predicted molar refractivity (Wildman–Crippen MR) is 68.0 cm³/mol. The van der Waals surface area contributed by atoms with Crippen LogP contribution < -0.4 is 0 Å². The van der Waals surface area contributed by atoms with E-state index in [1.165, 1.54) is 7.11 Å². The Bertz CT molecular complexity index is 385. The van der Waals surface area contributed by atoms with Crippen LogP contribution in [0.5, 0.6) is 0 Å². The van der Waals surface area contributed by atoms with Gasteiger partial charge >= 0.3 is 5.97 Å². The van der Waals surface area contributed by atoms with E-state index >= 15 is 0 Å². The first-order chi connectivity index (χ1) is 7.67. The van der Waals surface area contributed by atoms with Crippen LogP contribution in [0.1, 0.15) is 19.0 Å². The number of hydrogen-bond donors (Lipinski definition) is 0. The zero-order valence-electron chi connectivity index (χ0n) is 9.65. The van der Waals surface area contributed by atoms with Gasteiger partial charge in [0.2, 0.25) is 0 Å². The first kappa shape index (κ1) is 13.3. The molecule has 0 aliphatic carbocycles. The van der Waals surface area contributed by atoms with E-state index in [1.54, 1.807) is 23.1 Å². The Hall–Kier alpha value is -0.810. The molecule has 0 atom stereocenters. The third kappa shape index (κ3) is 3.98. The summed E-state index contributed by atoms with van der Waals surface area (Å²) in [5.74, 6) is 0.518. The topological polar surface area (TPSA) is 39.2 Å². The van der Waals surface area contributed by atoms with E-state index in [0.717, 1.165) is 21.4 Å². The van der Waals surface area contributed by atoms with E-state index in [0.29, 0.717) is 6.42 Å². The average molecular weight is 257 g/mol. The normalized spacial score (nSPS) is 11.6. The standard InChI is InChI=1S/C11H15NO2S2/c1-4-9(10(13)14-3)5-6-15-11-12-8(2)7-16-11/h5,7H,4,6H2,1-3H3. The van der Waals surface area contributed by atoms with Crippen molar-refractivity contribution in [2.24, 2.45) is 0 Å². The van der Waals surface area contributed by atoms with Crippen molar-refractivity contribution < 1.29 is 9.53 Å². The average Bonchev–Trinajstić information content (AvgIpc) is 2.69. The molecule has 0 N–H and O–H groups in total. The van der Waals surface area contributed by atoms with Crippen molar-refractivity contribution in [2.75, 3.05) is 12.9 Å². The summed E-state index contributed by atoms with van der Waals surface area (Å²) in [6.07, 6.45) is 2.61. The lowest BCUT2D eigenvalue weighted by atomic mass is 10.2. The number of thiazole rings is 1. The van der Waals surface area contributed by atoms with Gasteiger partial charge in [0.15, 0.2) is 0 Å². The lowest BCUT2D eigenvalue weighted by molar-refractivity contribution is -0.136. The molecule has 1 aromatic rings. The summed E-state index contributed by atoms with van der Waals surface area (Å²) >= 11 is 3.27. The van der Waals surface area contributed by atoms with Crippen molar-refractivity contribution in [3.05, 3.63) is 22.7 Å². The van der Waals surface area contributed by atoms with Crippen LogP contribution in [0.3, 0.4) is 0 Å². The maximum atomic E-state index is 11.3. The molecule has 0 unspecified atom stereocenters. The van der Waals surface area contributed by atoms with Gasteiger partial charge < -0.3 is 4.74 Å². The minimum Gasteiger partial charge on any atom is -0.466 e. The van der Waals surface area contributed by atoms with Gasteiger partial charge in [-0.3, -0.25) is 0 Å². The molecule has 0 saturated heterocycles. The second-order valence-electron chi connectivity index (χ2n) is 3.14. The minimum absolute atomic E-state index is 0.238. The molecule has 1 heterocycles. The molecule has 0 amide bonds. The molecule has 0 fully saturated rings. The van der Waals surface area contributed by atoms with Crippen LogP contribution in [0, 0.1) is 6.92 Å². The van der Waals surface area contributed by atoms with Gasteiger partial charge in [-0.05, 0) is 13.3 Å². The van der Waals surface area contributed by atoms with E-state index in [2.05, 4.69) is 9.72 Å². The first-order valence-corrected chi connectivity index (χ1v) is 6.86. The number of nitrogens with zero attached hydrogens (tertiary/aromatic N) is 1. The third-order valence-electron chi connectivity index (χ3n) is 1.96. The van der Waals surface area contributed by atoms with Crippen LogP contribution >= 0.6 is 23.1 Å². The summed E-state index contributed by atoms with van der Waals surface area (Å²) in [6, 6.07) is 0. The molecule has 1 aromatic heterocycles. The van der Waals surface area contributed by atoms with Crippen molar-refractivity contribution in [1.82, 2.24) is 4.98 Å². The monoisotopic (exact) mass is 257 g/mol. The molecule has 5 heteroatoms. The molecule has 0 aliphatic heterocycles. The van der Waals surface area contributed by atoms with Crippen molar-refractivity contribution in [3.63, 3.8) is 0 Å². The van der Waals surface area contributed by atoms with Gasteiger partial charge in [-0.15, -0.1) is 11.3 Å². The zero-order chi connectivity index (χ0) is 12.0. The molecule has 88 valence electrons. The highest BCUT2D eigenvalue weighted by Crippen LogP contribution is 2.22.